The minimum Gasteiger partial charge on any atom is -0.258 e. The molecule has 16 heavy (non-hydrogen) atoms. The van der Waals surface area contributed by atoms with E-state index in [9.17, 15) is 20.2 Å². The number of non-ortho nitro benzene ring substituents is 2. The number of halogens is 3. The second-order valence-electron chi connectivity index (χ2n) is 2.75. The van der Waals surface area contributed by atoms with E-state index in [0.717, 1.165) is 18.2 Å². The van der Waals surface area contributed by atoms with Crippen LogP contribution in [0.25, 0.3) is 0 Å². The molecule has 0 saturated heterocycles. The topological polar surface area (TPSA) is 86.3 Å². The summed E-state index contributed by atoms with van der Waals surface area (Å²) in [4.78, 5) is 19.4. The summed E-state index contributed by atoms with van der Waals surface area (Å²) < 4.78 is -1.95. The fourth-order valence-electron chi connectivity index (χ4n) is 0.970. The molecule has 0 aliphatic carbocycles. The molecule has 0 fully saturated rings. The molecule has 1 rings (SSSR count). The minimum atomic E-state index is -1.95. The van der Waals surface area contributed by atoms with Gasteiger partial charge in [0.2, 0.25) is 3.79 Å². The lowest BCUT2D eigenvalue weighted by atomic mass is 10.2. The van der Waals surface area contributed by atoms with Crippen LogP contribution in [-0.2, 0) is 3.79 Å². The quantitative estimate of drug-likeness (QED) is 0.474. The molecule has 86 valence electrons. The van der Waals surface area contributed by atoms with Gasteiger partial charge in [0, 0.05) is 17.7 Å². The zero-order valence-corrected chi connectivity index (χ0v) is 9.66. The van der Waals surface area contributed by atoms with Crippen LogP contribution in [0.2, 0.25) is 0 Å². The first-order valence-electron chi connectivity index (χ1n) is 3.73. The van der Waals surface area contributed by atoms with E-state index in [2.05, 4.69) is 0 Å². The molecule has 0 aliphatic rings. The Labute approximate surface area is 104 Å². The van der Waals surface area contributed by atoms with Gasteiger partial charge in [0.25, 0.3) is 11.4 Å². The molecule has 0 aliphatic heterocycles. The lowest BCUT2D eigenvalue weighted by Crippen LogP contribution is -2.03. The molecule has 9 heteroatoms. The molecule has 1 aromatic carbocycles. The van der Waals surface area contributed by atoms with Crippen LogP contribution < -0.4 is 0 Å². The Morgan fingerprint density at radius 2 is 1.31 bits per heavy atom. The molecule has 0 aromatic heterocycles. The molecule has 0 amide bonds. The largest absolute Gasteiger partial charge is 0.276 e. The third-order valence-electron chi connectivity index (χ3n) is 1.65. The van der Waals surface area contributed by atoms with Gasteiger partial charge in [0.1, 0.15) is 0 Å². The van der Waals surface area contributed by atoms with Crippen LogP contribution >= 0.6 is 34.8 Å². The Hall–Kier alpha value is -1.11. The highest BCUT2D eigenvalue weighted by molar-refractivity contribution is 6.66. The van der Waals surface area contributed by atoms with Crippen LogP contribution in [-0.4, -0.2) is 9.85 Å². The van der Waals surface area contributed by atoms with Gasteiger partial charge in [-0.05, 0) is 0 Å². The van der Waals surface area contributed by atoms with E-state index in [0.29, 0.717) is 0 Å². The van der Waals surface area contributed by atoms with E-state index in [-0.39, 0.29) is 5.56 Å². The molecule has 0 saturated carbocycles. The number of nitro benzene ring substituents is 2. The van der Waals surface area contributed by atoms with Crippen molar-refractivity contribution in [3.63, 3.8) is 0 Å². The van der Waals surface area contributed by atoms with Crippen LogP contribution in [0.5, 0.6) is 0 Å². The number of hydrogen-bond donors (Lipinski definition) is 0. The van der Waals surface area contributed by atoms with Crippen molar-refractivity contribution in [2.45, 2.75) is 3.79 Å². The predicted octanol–water partition coefficient (Wildman–Crippen LogP) is 3.33. The number of benzene rings is 1. The SMILES string of the molecule is O=[N+]([O-])c1cc([N+](=O)[O-])cc(C(Cl)(Cl)Cl)c1. The summed E-state index contributed by atoms with van der Waals surface area (Å²) in [5, 5.41) is 21.0. The first kappa shape index (κ1) is 13.0. The number of rotatable bonds is 2. The highest BCUT2D eigenvalue weighted by Gasteiger charge is 2.28. The van der Waals surface area contributed by atoms with E-state index in [1.54, 1.807) is 0 Å². The smallest absolute Gasteiger partial charge is 0.258 e. The van der Waals surface area contributed by atoms with Gasteiger partial charge in [0.15, 0.2) is 0 Å². The van der Waals surface area contributed by atoms with Crippen molar-refractivity contribution in [1.82, 2.24) is 0 Å². The zero-order chi connectivity index (χ0) is 12.5. The summed E-state index contributed by atoms with van der Waals surface area (Å²) in [6.07, 6.45) is 0. The maximum atomic E-state index is 10.5. The fourth-order valence-corrected chi connectivity index (χ4v) is 1.30. The molecular formula is C7H3Cl3N2O4. The van der Waals surface area contributed by atoms with Crippen LogP contribution in [0.4, 0.5) is 11.4 Å². The molecular weight excluding hydrogens is 282 g/mol. The van der Waals surface area contributed by atoms with Gasteiger partial charge >= 0.3 is 0 Å². The van der Waals surface area contributed by atoms with Crippen LogP contribution in [0.1, 0.15) is 5.56 Å². The summed E-state index contributed by atoms with van der Waals surface area (Å²) in [7, 11) is 0. The Morgan fingerprint density at radius 1 is 0.938 bits per heavy atom. The number of nitrogens with zero attached hydrogens (tertiary/aromatic N) is 2. The normalized spacial score (nSPS) is 11.2. The average molecular weight is 285 g/mol. The molecule has 1 aromatic rings. The van der Waals surface area contributed by atoms with Gasteiger partial charge < -0.3 is 0 Å². The first-order chi connectivity index (χ1) is 7.21. The molecule has 0 atom stereocenters. The zero-order valence-electron chi connectivity index (χ0n) is 7.39. The monoisotopic (exact) mass is 284 g/mol. The number of hydrogen-bond acceptors (Lipinski definition) is 4. The average Bonchev–Trinajstić information content (AvgIpc) is 2.15. The summed E-state index contributed by atoms with van der Waals surface area (Å²) >= 11 is 16.5. The van der Waals surface area contributed by atoms with Gasteiger partial charge in [0.05, 0.1) is 15.9 Å². The Bertz CT molecular complexity index is 425. The molecule has 6 nitrogen and oxygen atoms in total. The molecule has 0 bridgehead atoms. The maximum absolute atomic E-state index is 10.5. The Morgan fingerprint density at radius 3 is 1.56 bits per heavy atom. The summed E-state index contributed by atoms with van der Waals surface area (Å²) in [5.41, 5.74) is -1.13. The van der Waals surface area contributed by atoms with Gasteiger partial charge in [-0.25, -0.2) is 0 Å². The van der Waals surface area contributed by atoms with E-state index in [1.165, 1.54) is 0 Å². The second-order valence-corrected chi connectivity index (χ2v) is 5.03. The van der Waals surface area contributed by atoms with Crippen LogP contribution in [0, 0.1) is 20.2 Å². The molecule has 0 radical (unpaired) electrons. The van der Waals surface area contributed by atoms with Crippen molar-refractivity contribution in [1.29, 1.82) is 0 Å². The summed E-state index contributed by atoms with van der Waals surface area (Å²) in [6, 6.07) is 2.74. The highest BCUT2D eigenvalue weighted by atomic mass is 35.6. The maximum Gasteiger partial charge on any atom is 0.276 e. The van der Waals surface area contributed by atoms with Crippen LogP contribution in [0.15, 0.2) is 18.2 Å². The van der Waals surface area contributed by atoms with Gasteiger partial charge in [-0.2, -0.15) is 0 Å². The van der Waals surface area contributed by atoms with E-state index >= 15 is 0 Å². The third kappa shape index (κ3) is 2.94. The third-order valence-corrected chi connectivity index (χ3v) is 2.31. The molecule has 0 unspecified atom stereocenters. The number of nitro groups is 2. The lowest BCUT2D eigenvalue weighted by Gasteiger charge is -2.10. The van der Waals surface area contributed by atoms with E-state index in [1.807, 2.05) is 0 Å². The standard InChI is InChI=1S/C7H3Cl3N2O4/c8-7(9,10)4-1-5(11(13)14)3-6(2-4)12(15)16/h1-3H. The van der Waals surface area contributed by atoms with Crippen molar-refractivity contribution in [3.05, 3.63) is 44.0 Å². The van der Waals surface area contributed by atoms with Crippen molar-refractivity contribution in [2.75, 3.05) is 0 Å². The lowest BCUT2D eigenvalue weighted by molar-refractivity contribution is -0.394. The van der Waals surface area contributed by atoms with Crippen molar-refractivity contribution in [2.24, 2.45) is 0 Å². The van der Waals surface area contributed by atoms with E-state index in [4.69, 9.17) is 34.8 Å². The van der Waals surface area contributed by atoms with Gasteiger partial charge in [-0.3, -0.25) is 20.2 Å². The Balaban J connectivity index is 3.42. The summed E-state index contributed by atoms with van der Waals surface area (Å²) in [5.74, 6) is 0. The summed E-state index contributed by atoms with van der Waals surface area (Å²) in [6.45, 7) is 0. The second kappa shape index (κ2) is 4.40. The Kier molecular flexibility index (Phi) is 3.57. The molecule has 0 heterocycles. The predicted molar refractivity (Wildman–Crippen MR) is 59.0 cm³/mol. The van der Waals surface area contributed by atoms with Crippen molar-refractivity contribution in [3.8, 4) is 0 Å². The minimum absolute atomic E-state index is 0.126. The number of alkyl halides is 3. The first-order valence-corrected chi connectivity index (χ1v) is 4.86. The van der Waals surface area contributed by atoms with Crippen molar-refractivity contribution < 1.29 is 9.85 Å². The highest BCUT2D eigenvalue weighted by Crippen LogP contribution is 2.41. The van der Waals surface area contributed by atoms with Gasteiger partial charge in [-0.1, -0.05) is 34.8 Å². The van der Waals surface area contributed by atoms with Crippen LogP contribution in [0.3, 0.4) is 0 Å². The van der Waals surface area contributed by atoms with Gasteiger partial charge in [-0.15, -0.1) is 0 Å². The van der Waals surface area contributed by atoms with Crippen molar-refractivity contribution >= 4 is 46.2 Å². The van der Waals surface area contributed by atoms with E-state index < -0.39 is 25.0 Å². The molecule has 0 N–H and O–H groups in total. The molecule has 0 spiro atoms. The fraction of sp³-hybridized carbons (Fsp3) is 0.143.